The molecule has 0 radical (unpaired) electrons. The molecule has 0 saturated heterocycles. The van der Waals surface area contributed by atoms with Crippen LogP contribution in [0.15, 0.2) is 73.1 Å². The summed E-state index contributed by atoms with van der Waals surface area (Å²) in [6.07, 6.45) is 4.35. The number of carbonyl (C=O) groups is 2. The highest BCUT2D eigenvalue weighted by molar-refractivity contribution is 6.10. The summed E-state index contributed by atoms with van der Waals surface area (Å²) < 4.78 is 1.95. The van der Waals surface area contributed by atoms with Crippen molar-refractivity contribution in [1.29, 1.82) is 0 Å². The second-order valence-corrected chi connectivity index (χ2v) is 7.07. The predicted octanol–water partition coefficient (Wildman–Crippen LogP) is 3.69. The Bertz CT molecular complexity index is 1010. The third-order valence-corrected chi connectivity index (χ3v) is 5.19. The van der Waals surface area contributed by atoms with Crippen LogP contribution in [0.25, 0.3) is 5.69 Å². The van der Waals surface area contributed by atoms with Crippen LogP contribution in [0, 0.1) is 0 Å². The minimum Gasteiger partial charge on any atom is -0.375 e. The van der Waals surface area contributed by atoms with Crippen molar-refractivity contribution in [3.8, 4) is 5.69 Å². The first-order valence-corrected chi connectivity index (χ1v) is 9.45. The molecule has 0 unspecified atom stereocenters. The van der Waals surface area contributed by atoms with Crippen molar-refractivity contribution < 1.29 is 14.7 Å². The number of rotatable bonds is 6. The molecule has 4 rings (SSSR count). The van der Waals surface area contributed by atoms with Gasteiger partial charge in [-0.2, -0.15) is 0 Å². The highest BCUT2D eigenvalue weighted by atomic mass is 16.3. The van der Waals surface area contributed by atoms with E-state index in [4.69, 9.17) is 0 Å². The fourth-order valence-corrected chi connectivity index (χ4v) is 3.78. The van der Waals surface area contributed by atoms with Gasteiger partial charge in [0.1, 0.15) is 0 Å². The highest BCUT2D eigenvalue weighted by Crippen LogP contribution is 2.42. The van der Waals surface area contributed by atoms with Gasteiger partial charge in [-0.15, -0.1) is 0 Å². The third-order valence-electron chi connectivity index (χ3n) is 5.19. The van der Waals surface area contributed by atoms with Gasteiger partial charge in [-0.05, 0) is 48.9 Å². The number of hydrogen-bond acceptors (Lipinski definition) is 3. The zero-order chi connectivity index (χ0) is 19.7. The van der Waals surface area contributed by atoms with Crippen LogP contribution in [0.4, 0.5) is 5.69 Å². The summed E-state index contributed by atoms with van der Waals surface area (Å²) in [5.41, 5.74) is 0.792. The maximum atomic E-state index is 13.0. The number of aliphatic hydroxyl groups is 1. The van der Waals surface area contributed by atoms with E-state index in [2.05, 4.69) is 0 Å². The van der Waals surface area contributed by atoms with Crippen molar-refractivity contribution in [2.75, 3.05) is 11.4 Å². The molecule has 1 aliphatic heterocycles. The summed E-state index contributed by atoms with van der Waals surface area (Å²) in [5.74, 6) is -0.684. The van der Waals surface area contributed by atoms with Gasteiger partial charge >= 0.3 is 0 Å². The lowest BCUT2D eigenvalue weighted by Crippen LogP contribution is -2.42. The van der Waals surface area contributed by atoms with Crippen molar-refractivity contribution in [3.63, 3.8) is 0 Å². The molecule has 0 fully saturated rings. The summed E-state index contributed by atoms with van der Waals surface area (Å²) in [5, 5.41) is 11.2. The number of Topliss-reactive ketones (excluding diaryl/α,β-unsaturated/α-hetero) is 1. The van der Waals surface area contributed by atoms with Crippen molar-refractivity contribution in [1.82, 2.24) is 4.57 Å². The molecule has 0 bridgehead atoms. The average molecular weight is 374 g/mol. The number of amides is 1. The molecule has 0 saturated carbocycles. The largest absolute Gasteiger partial charge is 0.375 e. The molecule has 5 nitrogen and oxygen atoms in total. The number of carbonyl (C=O) groups excluding carboxylic acids is 2. The molecule has 1 atom stereocenters. The Labute approximate surface area is 163 Å². The van der Waals surface area contributed by atoms with Gasteiger partial charge in [0, 0.05) is 35.8 Å². The molecule has 5 heteroatoms. The molecule has 1 amide bonds. The number of fused-ring (bicyclic) bond motifs is 1. The number of para-hydroxylation sites is 1. The van der Waals surface area contributed by atoms with Crippen molar-refractivity contribution in [2.45, 2.75) is 25.4 Å². The van der Waals surface area contributed by atoms with E-state index in [1.54, 1.807) is 29.2 Å². The van der Waals surface area contributed by atoms with Crippen molar-refractivity contribution >= 4 is 17.4 Å². The Kier molecular flexibility index (Phi) is 4.61. The smallest absolute Gasteiger partial charge is 0.264 e. The summed E-state index contributed by atoms with van der Waals surface area (Å²) in [6, 6.07) is 18.2. The number of aromatic nitrogens is 1. The lowest BCUT2D eigenvalue weighted by molar-refractivity contribution is -0.135. The first-order valence-electron chi connectivity index (χ1n) is 9.45. The van der Waals surface area contributed by atoms with Gasteiger partial charge in [0.15, 0.2) is 11.4 Å². The summed E-state index contributed by atoms with van der Waals surface area (Å²) in [6.45, 7) is 2.49. The van der Waals surface area contributed by atoms with Gasteiger partial charge in [0.25, 0.3) is 5.91 Å². The fraction of sp³-hybridized carbons (Fsp3) is 0.217. The second kappa shape index (κ2) is 7.09. The summed E-state index contributed by atoms with van der Waals surface area (Å²) in [7, 11) is 0. The molecule has 3 aromatic rings. The Hall–Kier alpha value is -3.18. The molecule has 0 spiro atoms. The van der Waals surface area contributed by atoms with Gasteiger partial charge < -0.3 is 14.6 Å². The lowest BCUT2D eigenvalue weighted by atomic mass is 9.88. The minimum atomic E-state index is -1.82. The van der Waals surface area contributed by atoms with Crippen molar-refractivity contribution in [3.05, 3.63) is 84.2 Å². The lowest BCUT2D eigenvalue weighted by Gasteiger charge is -2.22. The molecule has 1 aromatic heterocycles. The van der Waals surface area contributed by atoms with Crippen LogP contribution < -0.4 is 4.90 Å². The second-order valence-electron chi connectivity index (χ2n) is 7.07. The number of anilines is 1. The van der Waals surface area contributed by atoms with Crippen LogP contribution >= 0.6 is 0 Å². The van der Waals surface area contributed by atoms with Crippen LogP contribution in [0.1, 0.15) is 35.7 Å². The average Bonchev–Trinajstić information content (AvgIpc) is 3.32. The van der Waals surface area contributed by atoms with E-state index in [1.165, 1.54) is 0 Å². The fourth-order valence-electron chi connectivity index (χ4n) is 3.78. The first kappa shape index (κ1) is 18.2. The quantitative estimate of drug-likeness (QED) is 0.669. The Morgan fingerprint density at radius 3 is 2.36 bits per heavy atom. The van der Waals surface area contributed by atoms with Crippen molar-refractivity contribution in [2.24, 2.45) is 0 Å². The van der Waals surface area contributed by atoms with Gasteiger partial charge in [-0.1, -0.05) is 25.1 Å². The SMILES string of the molecule is CCCN1C(=O)[C@](O)(CC(=O)c2ccc(-n3cccc3)cc2)c2ccccc21. The third kappa shape index (κ3) is 2.94. The molecule has 2 aromatic carbocycles. The van der Waals surface area contributed by atoms with Gasteiger partial charge in [0.05, 0.1) is 12.1 Å². The molecule has 1 aliphatic rings. The molecule has 2 heterocycles. The predicted molar refractivity (Wildman–Crippen MR) is 108 cm³/mol. The van der Waals surface area contributed by atoms with E-state index >= 15 is 0 Å². The van der Waals surface area contributed by atoms with Crippen LogP contribution in [0.2, 0.25) is 0 Å². The van der Waals surface area contributed by atoms with E-state index in [-0.39, 0.29) is 12.2 Å². The highest BCUT2D eigenvalue weighted by Gasteiger charge is 2.50. The molecule has 1 N–H and O–H groups in total. The normalized spacial score (nSPS) is 18.4. The van der Waals surface area contributed by atoms with E-state index in [0.29, 0.717) is 23.4 Å². The number of nitrogens with zero attached hydrogens (tertiary/aromatic N) is 2. The molecule has 0 aliphatic carbocycles. The zero-order valence-electron chi connectivity index (χ0n) is 15.7. The monoisotopic (exact) mass is 374 g/mol. The number of ketones is 1. The van der Waals surface area contributed by atoms with E-state index < -0.39 is 11.5 Å². The van der Waals surface area contributed by atoms with Crippen LogP contribution in [-0.4, -0.2) is 27.9 Å². The standard InChI is InChI=1S/C23H22N2O3/c1-2-13-25-20-8-4-3-7-19(20)23(28,22(25)27)16-21(26)17-9-11-18(12-10-17)24-14-5-6-15-24/h3-12,14-15,28H,2,13,16H2,1H3/t23-/m0/s1. The Morgan fingerprint density at radius 1 is 1.00 bits per heavy atom. The topological polar surface area (TPSA) is 62.5 Å². The van der Waals surface area contributed by atoms with Crippen LogP contribution in [0.5, 0.6) is 0 Å². The van der Waals surface area contributed by atoms with E-state index in [1.807, 2.05) is 60.3 Å². The maximum Gasteiger partial charge on any atom is 0.264 e. The summed E-state index contributed by atoms with van der Waals surface area (Å²) >= 11 is 0. The number of benzene rings is 2. The summed E-state index contributed by atoms with van der Waals surface area (Å²) in [4.78, 5) is 27.4. The zero-order valence-corrected chi connectivity index (χ0v) is 15.7. The first-order chi connectivity index (χ1) is 13.5. The molecular weight excluding hydrogens is 352 g/mol. The van der Waals surface area contributed by atoms with E-state index in [9.17, 15) is 14.7 Å². The molecule has 28 heavy (non-hydrogen) atoms. The Morgan fingerprint density at radius 2 is 1.68 bits per heavy atom. The Balaban J connectivity index is 1.61. The molecule has 142 valence electrons. The maximum absolute atomic E-state index is 13.0. The molecular formula is C23H22N2O3. The van der Waals surface area contributed by atoms with Gasteiger partial charge in [-0.25, -0.2) is 0 Å². The van der Waals surface area contributed by atoms with Gasteiger partial charge in [0.2, 0.25) is 0 Å². The van der Waals surface area contributed by atoms with Crippen LogP contribution in [-0.2, 0) is 10.4 Å². The van der Waals surface area contributed by atoms with E-state index in [0.717, 1.165) is 12.1 Å². The van der Waals surface area contributed by atoms with Crippen LogP contribution in [0.3, 0.4) is 0 Å². The van der Waals surface area contributed by atoms with Gasteiger partial charge in [-0.3, -0.25) is 9.59 Å². The minimum absolute atomic E-state index is 0.261. The number of hydrogen-bond donors (Lipinski definition) is 1.